The molecule has 9 nitrogen and oxygen atoms in total. The number of hydrogen-bond donors (Lipinski definition) is 2. The molecule has 2 aromatic rings. The summed E-state index contributed by atoms with van der Waals surface area (Å²) in [6, 6.07) is 0. The molecule has 176 valence electrons. The molecule has 4 rings (SSSR count). The number of H-pyrrole nitrogens is 1. The molecule has 1 amide bonds. The first-order chi connectivity index (χ1) is 15.2. The summed E-state index contributed by atoms with van der Waals surface area (Å²) in [4.78, 5) is 30.0. The molecule has 2 N–H and O–H groups in total. The zero-order valence-corrected chi connectivity index (χ0v) is 17.6. The van der Waals surface area contributed by atoms with Gasteiger partial charge in [0.15, 0.2) is 0 Å². The third kappa shape index (κ3) is 6.54. The molecule has 1 aliphatic carbocycles. The molecule has 1 saturated carbocycles. The Hall–Kier alpha value is -2.92. The smallest absolute Gasteiger partial charge is 0.475 e. The lowest BCUT2D eigenvalue weighted by Gasteiger charge is -2.31. The number of amides is 1. The molecule has 1 aliphatic heterocycles. The molecule has 0 spiro atoms. The summed E-state index contributed by atoms with van der Waals surface area (Å²) in [6.45, 7) is 2.51. The van der Waals surface area contributed by atoms with Crippen LogP contribution < -0.4 is 0 Å². The van der Waals surface area contributed by atoms with Crippen molar-refractivity contribution in [2.45, 2.75) is 63.6 Å². The van der Waals surface area contributed by atoms with Crippen molar-refractivity contribution in [3.05, 3.63) is 30.1 Å². The van der Waals surface area contributed by atoms with E-state index in [-0.39, 0.29) is 5.91 Å². The summed E-state index contributed by atoms with van der Waals surface area (Å²) in [6.07, 6.45) is 8.75. The fraction of sp³-hybridized carbons (Fsp3) is 0.650. The number of aromatic amines is 1. The highest BCUT2D eigenvalue weighted by Crippen LogP contribution is 2.31. The molecule has 1 saturated heterocycles. The van der Waals surface area contributed by atoms with Crippen molar-refractivity contribution in [1.82, 2.24) is 29.9 Å². The lowest BCUT2D eigenvalue weighted by atomic mass is 9.87. The van der Waals surface area contributed by atoms with Gasteiger partial charge in [-0.15, -0.1) is 5.10 Å². The number of imidazole rings is 1. The number of aromatic nitrogens is 5. The van der Waals surface area contributed by atoms with Crippen molar-refractivity contribution >= 4 is 11.9 Å². The van der Waals surface area contributed by atoms with Crippen LogP contribution in [-0.4, -0.2) is 66.1 Å². The molecule has 12 heteroatoms. The second kappa shape index (κ2) is 10.6. The summed E-state index contributed by atoms with van der Waals surface area (Å²) in [7, 11) is 0. The van der Waals surface area contributed by atoms with Crippen LogP contribution in [0.15, 0.2) is 18.7 Å². The van der Waals surface area contributed by atoms with Crippen LogP contribution in [0.1, 0.15) is 67.0 Å². The molecule has 32 heavy (non-hydrogen) atoms. The van der Waals surface area contributed by atoms with Gasteiger partial charge in [0, 0.05) is 31.7 Å². The van der Waals surface area contributed by atoms with Gasteiger partial charge in [-0.3, -0.25) is 9.48 Å². The Balaban J connectivity index is 0.000000360. The van der Waals surface area contributed by atoms with E-state index in [1.54, 1.807) is 12.5 Å². The standard InChI is InChI=1S/C18H26N6O.C2HF3O2/c25-18(16-10-19-13-20-16)23-8-6-14(7-9-23)11-24-12-17(21-22-24)15-4-2-1-3-5-15;3-2(4,5)1(6)7/h10,12-15H,1-9,11H2,(H,19,20);(H,6,7). The van der Waals surface area contributed by atoms with Crippen LogP contribution >= 0.6 is 0 Å². The van der Waals surface area contributed by atoms with Gasteiger partial charge in [-0.05, 0) is 31.6 Å². The Morgan fingerprint density at radius 3 is 2.34 bits per heavy atom. The van der Waals surface area contributed by atoms with Crippen LogP contribution in [0.5, 0.6) is 0 Å². The van der Waals surface area contributed by atoms with Crippen molar-refractivity contribution in [1.29, 1.82) is 0 Å². The van der Waals surface area contributed by atoms with Crippen molar-refractivity contribution in [3.63, 3.8) is 0 Å². The van der Waals surface area contributed by atoms with E-state index in [1.807, 2.05) is 9.58 Å². The molecule has 2 fully saturated rings. The van der Waals surface area contributed by atoms with Gasteiger partial charge in [-0.25, -0.2) is 9.78 Å². The number of piperidine rings is 1. The topological polar surface area (TPSA) is 117 Å². The maximum atomic E-state index is 12.3. The predicted octanol–water partition coefficient (Wildman–Crippen LogP) is 3.23. The fourth-order valence-electron chi connectivity index (χ4n) is 4.11. The highest BCUT2D eigenvalue weighted by Gasteiger charge is 2.38. The predicted molar refractivity (Wildman–Crippen MR) is 107 cm³/mol. The minimum absolute atomic E-state index is 0.0521. The zero-order valence-electron chi connectivity index (χ0n) is 17.6. The van der Waals surface area contributed by atoms with E-state index in [0.29, 0.717) is 17.5 Å². The van der Waals surface area contributed by atoms with Gasteiger partial charge in [-0.1, -0.05) is 24.5 Å². The van der Waals surface area contributed by atoms with E-state index in [9.17, 15) is 18.0 Å². The maximum Gasteiger partial charge on any atom is 0.490 e. The van der Waals surface area contributed by atoms with Gasteiger partial charge >= 0.3 is 12.1 Å². The summed E-state index contributed by atoms with van der Waals surface area (Å²) in [5, 5.41) is 15.9. The molecular formula is C20H27F3N6O3. The Kier molecular flexibility index (Phi) is 7.86. The van der Waals surface area contributed by atoms with Gasteiger partial charge in [0.1, 0.15) is 5.69 Å². The van der Waals surface area contributed by atoms with E-state index in [4.69, 9.17) is 9.90 Å². The SMILES string of the molecule is O=C(O)C(F)(F)F.O=C(c1cnc[nH]1)N1CCC(Cn2cc(C3CCCCC3)nn2)CC1. The third-order valence-corrected chi connectivity index (χ3v) is 5.90. The Labute approximate surface area is 183 Å². The van der Waals surface area contributed by atoms with Gasteiger partial charge in [0.2, 0.25) is 0 Å². The number of carbonyl (C=O) groups excluding carboxylic acids is 1. The van der Waals surface area contributed by atoms with Crippen LogP contribution in [0.2, 0.25) is 0 Å². The number of carbonyl (C=O) groups is 2. The lowest BCUT2D eigenvalue weighted by molar-refractivity contribution is -0.192. The first kappa shape index (κ1) is 23.7. The van der Waals surface area contributed by atoms with Crippen molar-refractivity contribution < 1.29 is 27.9 Å². The average molecular weight is 456 g/mol. The number of nitrogens with zero attached hydrogens (tertiary/aromatic N) is 5. The number of likely N-dealkylation sites (tertiary alicyclic amines) is 1. The number of rotatable bonds is 4. The van der Waals surface area contributed by atoms with Crippen molar-refractivity contribution in [3.8, 4) is 0 Å². The molecular weight excluding hydrogens is 429 g/mol. The quantitative estimate of drug-likeness (QED) is 0.730. The highest BCUT2D eigenvalue weighted by molar-refractivity contribution is 5.92. The first-order valence-electron chi connectivity index (χ1n) is 10.7. The van der Waals surface area contributed by atoms with E-state index >= 15 is 0 Å². The monoisotopic (exact) mass is 456 g/mol. The third-order valence-electron chi connectivity index (χ3n) is 5.90. The van der Waals surface area contributed by atoms with Crippen LogP contribution in [0, 0.1) is 5.92 Å². The number of nitrogens with one attached hydrogen (secondary N) is 1. The Bertz CT molecular complexity index is 870. The number of hydrogen-bond acceptors (Lipinski definition) is 5. The van der Waals surface area contributed by atoms with Gasteiger partial charge in [0.25, 0.3) is 5.91 Å². The largest absolute Gasteiger partial charge is 0.490 e. The fourth-order valence-corrected chi connectivity index (χ4v) is 4.11. The number of halogens is 3. The van der Waals surface area contributed by atoms with Gasteiger partial charge < -0.3 is 15.0 Å². The average Bonchev–Trinajstić information content (AvgIpc) is 3.47. The van der Waals surface area contributed by atoms with Crippen LogP contribution in [0.4, 0.5) is 13.2 Å². The number of aliphatic carboxylic acids is 1. The summed E-state index contributed by atoms with van der Waals surface area (Å²) < 4.78 is 33.8. The molecule has 3 heterocycles. The first-order valence-corrected chi connectivity index (χ1v) is 10.7. The van der Waals surface area contributed by atoms with E-state index in [2.05, 4.69) is 26.5 Å². The van der Waals surface area contributed by atoms with E-state index in [1.165, 1.54) is 37.8 Å². The summed E-state index contributed by atoms with van der Waals surface area (Å²) >= 11 is 0. The molecule has 0 unspecified atom stereocenters. The molecule has 0 bridgehead atoms. The van der Waals surface area contributed by atoms with Crippen LogP contribution in [0.3, 0.4) is 0 Å². The van der Waals surface area contributed by atoms with E-state index < -0.39 is 12.1 Å². The molecule has 2 aromatic heterocycles. The minimum Gasteiger partial charge on any atom is -0.475 e. The molecule has 0 aromatic carbocycles. The van der Waals surface area contributed by atoms with Crippen LogP contribution in [-0.2, 0) is 11.3 Å². The normalized spacial score (nSPS) is 18.2. The molecule has 2 aliphatic rings. The number of alkyl halides is 3. The maximum absolute atomic E-state index is 12.3. The second-order valence-electron chi connectivity index (χ2n) is 8.20. The Morgan fingerprint density at radius 1 is 1.12 bits per heavy atom. The summed E-state index contributed by atoms with van der Waals surface area (Å²) in [5.41, 5.74) is 1.75. The number of carboxylic acids is 1. The van der Waals surface area contributed by atoms with Gasteiger partial charge in [0.05, 0.1) is 18.2 Å². The lowest BCUT2D eigenvalue weighted by Crippen LogP contribution is -2.39. The second-order valence-corrected chi connectivity index (χ2v) is 8.20. The minimum atomic E-state index is -5.08. The number of carboxylic acid groups (broad SMARTS) is 1. The highest BCUT2D eigenvalue weighted by atomic mass is 19.4. The van der Waals surface area contributed by atoms with Gasteiger partial charge in [-0.2, -0.15) is 13.2 Å². The van der Waals surface area contributed by atoms with Crippen molar-refractivity contribution in [2.75, 3.05) is 13.1 Å². The Morgan fingerprint density at radius 2 is 1.78 bits per heavy atom. The molecule has 0 atom stereocenters. The summed E-state index contributed by atoms with van der Waals surface area (Å²) in [5.74, 6) is -1.54. The molecule has 0 radical (unpaired) electrons. The van der Waals surface area contributed by atoms with E-state index in [0.717, 1.165) is 32.5 Å². The van der Waals surface area contributed by atoms with Crippen LogP contribution in [0.25, 0.3) is 0 Å². The zero-order chi connectivity index (χ0) is 23.1. The van der Waals surface area contributed by atoms with Crippen molar-refractivity contribution in [2.24, 2.45) is 5.92 Å².